The van der Waals surface area contributed by atoms with E-state index >= 15 is 0 Å². The number of anilines is 1. The molecule has 1 aromatic heterocycles. The molecule has 0 saturated carbocycles. The predicted octanol–water partition coefficient (Wildman–Crippen LogP) is 2.48. The summed E-state index contributed by atoms with van der Waals surface area (Å²) in [7, 11) is 0. The molecule has 0 saturated heterocycles. The van der Waals surface area contributed by atoms with Crippen molar-refractivity contribution in [3.8, 4) is 0 Å². The normalized spacial score (nSPS) is 10.8. The summed E-state index contributed by atoms with van der Waals surface area (Å²) >= 11 is 4.74. The lowest BCUT2D eigenvalue weighted by molar-refractivity contribution is 0.604. The van der Waals surface area contributed by atoms with Gasteiger partial charge in [0.05, 0.1) is 0 Å². The highest BCUT2D eigenvalue weighted by atomic mass is 79.9. The Hall–Kier alpha value is -1.21. The number of hydrogen-bond acceptors (Lipinski definition) is 4. The fourth-order valence-electron chi connectivity index (χ4n) is 1.51. The Bertz CT molecular complexity index is 607. The van der Waals surface area contributed by atoms with Crippen molar-refractivity contribution in [3.63, 3.8) is 0 Å². The Labute approximate surface area is 117 Å². The lowest BCUT2D eigenvalue weighted by atomic mass is 10.3. The van der Waals surface area contributed by atoms with Gasteiger partial charge in [0.25, 0.3) is 0 Å². The van der Waals surface area contributed by atoms with Gasteiger partial charge in [-0.25, -0.2) is 9.89 Å². The molecule has 0 aliphatic rings. The number of halogens is 1. The Balaban J connectivity index is 2.31. The van der Waals surface area contributed by atoms with Crippen molar-refractivity contribution in [2.75, 3.05) is 5.73 Å². The highest BCUT2D eigenvalue weighted by Crippen LogP contribution is 2.31. The minimum absolute atomic E-state index is 0.185. The van der Waals surface area contributed by atoms with Crippen LogP contribution in [0, 0.1) is 0 Å². The third-order valence-electron chi connectivity index (χ3n) is 2.34. The Morgan fingerprint density at radius 3 is 3.00 bits per heavy atom. The fourth-order valence-corrected chi connectivity index (χ4v) is 2.78. The Morgan fingerprint density at radius 1 is 1.56 bits per heavy atom. The average molecular weight is 329 g/mol. The quantitative estimate of drug-likeness (QED) is 0.845. The second-order valence-electron chi connectivity index (χ2n) is 3.75. The zero-order valence-corrected chi connectivity index (χ0v) is 12.2. The number of nitrogens with one attached hydrogen (secondary N) is 1. The summed E-state index contributed by atoms with van der Waals surface area (Å²) in [5.74, 6) is 0. The molecule has 0 atom stereocenters. The molecule has 7 heteroatoms. The number of aromatic amines is 1. The van der Waals surface area contributed by atoms with Crippen LogP contribution in [0.25, 0.3) is 0 Å². The second kappa shape index (κ2) is 5.62. The number of benzene rings is 1. The largest absolute Gasteiger partial charge is 0.398 e. The zero-order chi connectivity index (χ0) is 13.1. The third kappa shape index (κ3) is 2.78. The van der Waals surface area contributed by atoms with Gasteiger partial charge >= 0.3 is 5.69 Å². The summed E-state index contributed by atoms with van der Waals surface area (Å²) in [4.78, 5) is 12.4. The van der Waals surface area contributed by atoms with Gasteiger partial charge in [-0.05, 0) is 36.4 Å². The number of hydrogen-bond donors (Lipinski definition) is 2. The van der Waals surface area contributed by atoms with Crippen LogP contribution in [0.4, 0.5) is 5.69 Å². The van der Waals surface area contributed by atoms with Gasteiger partial charge in [-0.3, -0.25) is 4.57 Å². The van der Waals surface area contributed by atoms with Crippen molar-refractivity contribution >= 4 is 33.4 Å². The van der Waals surface area contributed by atoms with Gasteiger partial charge in [0.15, 0.2) is 5.16 Å². The SMILES string of the molecule is CCCn1c(Sc2ccc(Br)cc2N)n[nH]c1=O. The predicted molar refractivity (Wildman–Crippen MR) is 75.8 cm³/mol. The highest BCUT2D eigenvalue weighted by Gasteiger charge is 2.11. The van der Waals surface area contributed by atoms with Crippen LogP contribution in [0.5, 0.6) is 0 Å². The summed E-state index contributed by atoms with van der Waals surface area (Å²) in [5, 5.41) is 7.11. The molecular formula is C11H13BrN4OS. The molecule has 1 heterocycles. The van der Waals surface area contributed by atoms with E-state index in [-0.39, 0.29) is 5.69 Å². The first kappa shape index (κ1) is 13.2. The van der Waals surface area contributed by atoms with Crippen LogP contribution in [-0.4, -0.2) is 14.8 Å². The van der Waals surface area contributed by atoms with E-state index in [0.29, 0.717) is 17.4 Å². The molecule has 0 aliphatic carbocycles. The third-order valence-corrected chi connectivity index (χ3v) is 3.92. The van der Waals surface area contributed by atoms with Crippen LogP contribution in [-0.2, 0) is 6.54 Å². The molecule has 96 valence electrons. The molecule has 1 aromatic carbocycles. The van der Waals surface area contributed by atoms with Crippen LogP contribution in [0.1, 0.15) is 13.3 Å². The van der Waals surface area contributed by atoms with Crippen molar-refractivity contribution in [1.29, 1.82) is 0 Å². The van der Waals surface area contributed by atoms with Crippen molar-refractivity contribution in [1.82, 2.24) is 14.8 Å². The first-order valence-electron chi connectivity index (χ1n) is 5.50. The molecule has 0 amide bonds. The summed E-state index contributed by atoms with van der Waals surface area (Å²) < 4.78 is 2.55. The molecule has 0 aliphatic heterocycles. The van der Waals surface area contributed by atoms with Crippen molar-refractivity contribution in [3.05, 3.63) is 33.2 Å². The lowest BCUT2D eigenvalue weighted by Crippen LogP contribution is -2.17. The minimum Gasteiger partial charge on any atom is -0.398 e. The van der Waals surface area contributed by atoms with E-state index in [9.17, 15) is 4.79 Å². The fraction of sp³-hybridized carbons (Fsp3) is 0.273. The number of aromatic nitrogens is 3. The molecule has 5 nitrogen and oxygen atoms in total. The van der Waals surface area contributed by atoms with E-state index < -0.39 is 0 Å². The van der Waals surface area contributed by atoms with Gasteiger partial charge in [0, 0.05) is 21.6 Å². The van der Waals surface area contributed by atoms with Crippen LogP contribution in [0.3, 0.4) is 0 Å². The van der Waals surface area contributed by atoms with Crippen LogP contribution in [0.2, 0.25) is 0 Å². The summed E-state index contributed by atoms with van der Waals surface area (Å²) in [6, 6.07) is 5.64. The molecule has 3 N–H and O–H groups in total. The Morgan fingerprint density at radius 2 is 2.33 bits per heavy atom. The van der Waals surface area contributed by atoms with Gasteiger partial charge in [-0.2, -0.15) is 0 Å². The van der Waals surface area contributed by atoms with Crippen LogP contribution in [0.15, 0.2) is 37.5 Å². The highest BCUT2D eigenvalue weighted by molar-refractivity contribution is 9.10. The molecule has 0 bridgehead atoms. The molecule has 0 spiro atoms. The molecular weight excluding hydrogens is 316 g/mol. The molecule has 2 aromatic rings. The second-order valence-corrected chi connectivity index (χ2v) is 5.67. The topological polar surface area (TPSA) is 76.7 Å². The average Bonchev–Trinajstić information content (AvgIpc) is 2.66. The maximum atomic E-state index is 11.6. The number of H-pyrrole nitrogens is 1. The number of nitrogen functional groups attached to an aromatic ring is 1. The first-order chi connectivity index (χ1) is 8.61. The minimum atomic E-state index is -0.185. The monoisotopic (exact) mass is 328 g/mol. The maximum absolute atomic E-state index is 11.6. The van der Waals surface area contributed by atoms with Gasteiger partial charge in [0.2, 0.25) is 0 Å². The van der Waals surface area contributed by atoms with E-state index in [1.54, 1.807) is 4.57 Å². The number of nitrogens with two attached hydrogens (primary N) is 1. The maximum Gasteiger partial charge on any atom is 0.343 e. The van der Waals surface area contributed by atoms with Gasteiger partial charge in [-0.1, -0.05) is 22.9 Å². The molecule has 0 fully saturated rings. The zero-order valence-electron chi connectivity index (χ0n) is 9.81. The van der Waals surface area contributed by atoms with E-state index in [2.05, 4.69) is 26.1 Å². The standard InChI is InChI=1S/C11H13BrN4OS/c1-2-5-16-10(17)14-15-11(16)18-9-4-3-7(12)6-8(9)13/h3-4,6H,2,5,13H2,1H3,(H,14,17). The molecule has 0 unspecified atom stereocenters. The van der Waals surface area contributed by atoms with Gasteiger partial charge in [0.1, 0.15) is 0 Å². The van der Waals surface area contributed by atoms with Gasteiger partial charge < -0.3 is 5.73 Å². The molecule has 18 heavy (non-hydrogen) atoms. The van der Waals surface area contributed by atoms with Gasteiger partial charge in [-0.15, -0.1) is 5.10 Å². The Kier molecular flexibility index (Phi) is 4.13. The molecule has 0 radical (unpaired) electrons. The summed E-state index contributed by atoms with van der Waals surface area (Å²) in [6.45, 7) is 2.66. The molecule has 2 rings (SSSR count). The summed E-state index contributed by atoms with van der Waals surface area (Å²) in [6.07, 6.45) is 0.878. The van der Waals surface area contributed by atoms with Crippen molar-refractivity contribution in [2.24, 2.45) is 0 Å². The smallest absolute Gasteiger partial charge is 0.343 e. The van der Waals surface area contributed by atoms with E-state index in [1.165, 1.54) is 11.8 Å². The van der Waals surface area contributed by atoms with E-state index in [4.69, 9.17) is 5.73 Å². The first-order valence-corrected chi connectivity index (χ1v) is 7.11. The lowest BCUT2D eigenvalue weighted by Gasteiger charge is -2.06. The summed E-state index contributed by atoms with van der Waals surface area (Å²) in [5.41, 5.74) is 6.40. The van der Waals surface area contributed by atoms with E-state index in [1.807, 2.05) is 25.1 Å². The van der Waals surface area contributed by atoms with Crippen molar-refractivity contribution in [2.45, 2.75) is 29.9 Å². The van der Waals surface area contributed by atoms with E-state index in [0.717, 1.165) is 15.8 Å². The van der Waals surface area contributed by atoms with Crippen LogP contribution < -0.4 is 11.4 Å². The number of rotatable bonds is 4. The number of nitrogens with zero attached hydrogens (tertiary/aromatic N) is 2. The van der Waals surface area contributed by atoms with Crippen LogP contribution >= 0.6 is 27.7 Å². The van der Waals surface area contributed by atoms with Crippen molar-refractivity contribution < 1.29 is 0 Å².